The molecule has 1 aliphatic rings. The lowest BCUT2D eigenvalue weighted by Crippen LogP contribution is -2.39. The van der Waals surface area contributed by atoms with Crippen LogP contribution in [0.5, 0.6) is 0 Å². The molecular formula is C11H16N4O2. The van der Waals surface area contributed by atoms with E-state index in [4.69, 9.17) is 5.73 Å². The molecule has 0 amide bonds. The lowest BCUT2D eigenvalue weighted by atomic mass is 10.1. The maximum Gasteiger partial charge on any atom is 0.363 e. The van der Waals surface area contributed by atoms with Crippen LogP contribution in [-0.2, 0) is 0 Å². The summed E-state index contributed by atoms with van der Waals surface area (Å²) < 4.78 is 0. The van der Waals surface area contributed by atoms with Gasteiger partial charge in [-0.15, -0.1) is 0 Å². The van der Waals surface area contributed by atoms with Gasteiger partial charge in [-0.3, -0.25) is 0 Å². The lowest BCUT2D eigenvalue weighted by Gasteiger charge is -2.28. The number of anilines is 1. The first-order chi connectivity index (χ1) is 8.13. The Bertz CT molecular complexity index is 402. The van der Waals surface area contributed by atoms with Gasteiger partial charge in [-0.2, -0.15) is 0 Å². The Hall–Kier alpha value is -1.69. The number of nitrogens with zero attached hydrogens (tertiary/aromatic N) is 3. The summed E-state index contributed by atoms with van der Waals surface area (Å²) >= 11 is 0. The zero-order valence-electron chi connectivity index (χ0n) is 9.74. The van der Waals surface area contributed by atoms with Crippen LogP contribution in [0.2, 0.25) is 0 Å². The van der Waals surface area contributed by atoms with E-state index in [0.29, 0.717) is 18.5 Å². The van der Waals surface area contributed by atoms with Crippen LogP contribution in [0.4, 0.5) is 11.5 Å². The Morgan fingerprint density at radius 3 is 2.76 bits per heavy atom. The van der Waals surface area contributed by atoms with Gasteiger partial charge < -0.3 is 20.7 Å². The monoisotopic (exact) mass is 236 g/mol. The molecule has 92 valence electrons. The quantitative estimate of drug-likeness (QED) is 0.612. The van der Waals surface area contributed by atoms with Gasteiger partial charge >= 0.3 is 5.82 Å². The number of nitrogens with two attached hydrogens (primary N) is 1. The van der Waals surface area contributed by atoms with Gasteiger partial charge in [-0.05, 0) is 34.7 Å². The minimum Gasteiger partial charge on any atom is -0.367 e. The van der Waals surface area contributed by atoms with Crippen LogP contribution in [0, 0.1) is 16.0 Å². The number of rotatable bonds is 5. The van der Waals surface area contributed by atoms with Crippen LogP contribution in [-0.4, -0.2) is 29.5 Å². The molecule has 0 radical (unpaired) electrons. The van der Waals surface area contributed by atoms with E-state index in [0.717, 1.165) is 5.69 Å². The molecule has 0 spiro atoms. The van der Waals surface area contributed by atoms with Crippen LogP contribution < -0.4 is 10.6 Å². The van der Waals surface area contributed by atoms with Gasteiger partial charge in [0, 0.05) is 25.7 Å². The van der Waals surface area contributed by atoms with Crippen molar-refractivity contribution < 1.29 is 4.92 Å². The van der Waals surface area contributed by atoms with Crippen molar-refractivity contribution in [2.24, 2.45) is 11.7 Å². The molecular weight excluding hydrogens is 220 g/mol. The normalized spacial score (nSPS) is 16.6. The number of pyridine rings is 1. The fourth-order valence-corrected chi connectivity index (χ4v) is 2.03. The Labute approximate surface area is 99.6 Å². The van der Waals surface area contributed by atoms with Crippen molar-refractivity contribution >= 4 is 11.5 Å². The molecule has 2 N–H and O–H groups in total. The second-order valence-electron chi connectivity index (χ2n) is 4.38. The molecule has 1 aromatic rings. The molecule has 6 nitrogen and oxygen atoms in total. The van der Waals surface area contributed by atoms with E-state index < -0.39 is 4.92 Å². The van der Waals surface area contributed by atoms with Crippen LogP contribution in [0.15, 0.2) is 18.3 Å². The zero-order valence-corrected chi connectivity index (χ0v) is 9.74. The highest BCUT2D eigenvalue weighted by atomic mass is 16.6. The average Bonchev–Trinajstić information content (AvgIpc) is 3.14. The molecule has 2 rings (SSSR count). The molecule has 1 saturated carbocycles. The largest absolute Gasteiger partial charge is 0.367 e. The van der Waals surface area contributed by atoms with Gasteiger partial charge in [0.25, 0.3) is 0 Å². The van der Waals surface area contributed by atoms with E-state index >= 15 is 0 Å². The van der Waals surface area contributed by atoms with Crippen LogP contribution in [0.1, 0.15) is 12.8 Å². The number of nitro groups is 1. The van der Waals surface area contributed by atoms with E-state index in [2.05, 4.69) is 9.88 Å². The lowest BCUT2D eigenvalue weighted by molar-refractivity contribution is -0.389. The molecule has 1 fully saturated rings. The van der Waals surface area contributed by atoms with E-state index in [9.17, 15) is 10.1 Å². The highest BCUT2D eigenvalue weighted by molar-refractivity contribution is 5.47. The molecule has 1 aromatic heterocycles. The highest BCUT2D eigenvalue weighted by Gasteiger charge is 2.33. The van der Waals surface area contributed by atoms with Crippen LogP contribution >= 0.6 is 0 Å². The summed E-state index contributed by atoms with van der Waals surface area (Å²) in [6.07, 6.45) is 3.96. The van der Waals surface area contributed by atoms with E-state index in [1.54, 1.807) is 6.07 Å². The Kier molecular flexibility index (Phi) is 3.23. The second-order valence-corrected chi connectivity index (χ2v) is 4.38. The standard InChI is InChI=1S/C11H16N4O2/c1-14(10(6-12)8-2-3-8)9-4-5-11(13-7-9)15(16)17/h4-5,7-8,10H,2-3,6,12H2,1H3. The third kappa shape index (κ3) is 2.52. The van der Waals surface area contributed by atoms with Gasteiger partial charge in [0.15, 0.2) is 6.20 Å². The van der Waals surface area contributed by atoms with Crippen molar-refractivity contribution in [2.75, 3.05) is 18.5 Å². The molecule has 0 saturated heterocycles. The van der Waals surface area contributed by atoms with Crippen molar-refractivity contribution in [2.45, 2.75) is 18.9 Å². The third-order valence-corrected chi connectivity index (χ3v) is 3.23. The van der Waals surface area contributed by atoms with E-state index in [1.165, 1.54) is 25.1 Å². The summed E-state index contributed by atoms with van der Waals surface area (Å²) in [6, 6.07) is 3.45. The summed E-state index contributed by atoms with van der Waals surface area (Å²) in [5, 5.41) is 10.5. The van der Waals surface area contributed by atoms with Crippen molar-refractivity contribution in [3.63, 3.8) is 0 Å². The zero-order chi connectivity index (χ0) is 12.4. The average molecular weight is 236 g/mol. The smallest absolute Gasteiger partial charge is 0.363 e. The molecule has 0 bridgehead atoms. The van der Waals surface area contributed by atoms with Crippen molar-refractivity contribution in [1.82, 2.24) is 4.98 Å². The van der Waals surface area contributed by atoms with Gasteiger partial charge in [0.2, 0.25) is 0 Å². The number of hydrogen-bond donors (Lipinski definition) is 1. The molecule has 1 aliphatic carbocycles. The molecule has 1 unspecified atom stereocenters. The van der Waals surface area contributed by atoms with Crippen LogP contribution in [0.3, 0.4) is 0 Å². The first-order valence-corrected chi connectivity index (χ1v) is 5.67. The van der Waals surface area contributed by atoms with Crippen molar-refractivity contribution in [3.05, 3.63) is 28.4 Å². The molecule has 0 aromatic carbocycles. The Morgan fingerprint density at radius 1 is 1.65 bits per heavy atom. The fraction of sp³-hybridized carbons (Fsp3) is 0.545. The van der Waals surface area contributed by atoms with E-state index in [1.807, 2.05) is 7.05 Å². The number of aromatic nitrogens is 1. The Morgan fingerprint density at radius 2 is 2.35 bits per heavy atom. The predicted octanol–water partition coefficient (Wildman–Crippen LogP) is 1.16. The summed E-state index contributed by atoms with van der Waals surface area (Å²) in [4.78, 5) is 15.9. The third-order valence-electron chi connectivity index (χ3n) is 3.23. The summed E-state index contributed by atoms with van der Waals surface area (Å²) in [5.41, 5.74) is 6.63. The second kappa shape index (κ2) is 4.67. The molecule has 1 heterocycles. The van der Waals surface area contributed by atoms with E-state index in [-0.39, 0.29) is 5.82 Å². The van der Waals surface area contributed by atoms with Gasteiger partial charge in [-0.25, -0.2) is 0 Å². The number of hydrogen-bond acceptors (Lipinski definition) is 5. The summed E-state index contributed by atoms with van der Waals surface area (Å²) in [7, 11) is 1.96. The minimum atomic E-state index is -0.495. The van der Waals surface area contributed by atoms with Gasteiger partial charge in [-0.1, -0.05) is 0 Å². The van der Waals surface area contributed by atoms with Gasteiger partial charge in [0.1, 0.15) is 0 Å². The molecule has 17 heavy (non-hydrogen) atoms. The van der Waals surface area contributed by atoms with Crippen molar-refractivity contribution in [3.8, 4) is 0 Å². The SMILES string of the molecule is CN(c1ccc([N+](=O)[O-])nc1)C(CN)C1CC1. The van der Waals surface area contributed by atoms with Crippen molar-refractivity contribution in [1.29, 1.82) is 0 Å². The predicted molar refractivity (Wildman–Crippen MR) is 64.9 cm³/mol. The molecule has 0 aliphatic heterocycles. The number of likely N-dealkylation sites (N-methyl/N-ethyl adjacent to an activating group) is 1. The topological polar surface area (TPSA) is 85.3 Å². The summed E-state index contributed by atoms with van der Waals surface area (Å²) in [5.74, 6) is 0.526. The summed E-state index contributed by atoms with van der Waals surface area (Å²) in [6.45, 7) is 0.595. The first kappa shape index (κ1) is 11.8. The maximum atomic E-state index is 10.5. The van der Waals surface area contributed by atoms with Gasteiger partial charge in [0.05, 0.1) is 5.69 Å². The first-order valence-electron chi connectivity index (χ1n) is 5.67. The molecule has 1 atom stereocenters. The molecule has 6 heteroatoms. The maximum absolute atomic E-state index is 10.5. The minimum absolute atomic E-state index is 0.127. The highest BCUT2D eigenvalue weighted by Crippen LogP contribution is 2.36. The Balaban J connectivity index is 2.12. The fourth-order valence-electron chi connectivity index (χ4n) is 2.03. The van der Waals surface area contributed by atoms with Crippen LogP contribution in [0.25, 0.3) is 0 Å².